The van der Waals surface area contributed by atoms with Crippen LogP contribution >= 0.6 is 11.6 Å². The zero-order valence-electron chi connectivity index (χ0n) is 19.1. The summed E-state index contributed by atoms with van der Waals surface area (Å²) in [5, 5.41) is 45.2. The Morgan fingerprint density at radius 2 is 1.61 bits per heavy atom. The molecule has 3 rings (SSSR count). The van der Waals surface area contributed by atoms with Gasteiger partial charge in [0.25, 0.3) is 17.3 Å². The summed E-state index contributed by atoms with van der Waals surface area (Å²) in [4.78, 5) is 43.7. The van der Waals surface area contributed by atoms with Crippen molar-refractivity contribution >= 4 is 46.3 Å². The van der Waals surface area contributed by atoms with Crippen molar-refractivity contribution in [3.8, 4) is 23.3 Å². The maximum absolute atomic E-state index is 12.6. The first-order valence-corrected chi connectivity index (χ1v) is 10.6. The first-order chi connectivity index (χ1) is 18.0. The highest BCUT2D eigenvalue weighted by Gasteiger charge is 2.22. The van der Waals surface area contributed by atoms with Gasteiger partial charge >= 0.3 is 5.69 Å². The molecule has 1 amide bonds. The normalized spacial score (nSPS) is 10.7. The number of amides is 1. The summed E-state index contributed by atoms with van der Waals surface area (Å²) in [6.07, 6.45) is 1.18. The summed E-state index contributed by atoms with van der Waals surface area (Å²) in [6.45, 7) is 0. The first kappa shape index (κ1) is 27.0. The summed E-state index contributed by atoms with van der Waals surface area (Å²) in [6, 6.07) is 12.3. The van der Waals surface area contributed by atoms with Crippen LogP contribution in [-0.4, -0.2) is 27.8 Å². The van der Waals surface area contributed by atoms with Crippen LogP contribution in [0.2, 0.25) is 5.02 Å². The number of anilines is 1. The van der Waals surface area contributed by atoms with E-state index in [2.05, 4.69) is 5.32 Å². The van der Waals surface area contributed by atoms with Crippen molar-refractivity contribution in [1.29, 1.82) is 5.26 Å². The molecule has 0 radical (unpaired) electrons. The molecule has 14 nitrogen and oxygen atoms in total. The minimum Gasteiger partial charge on any atom is -0.493 e. The van der Waals surface area contributed by atoms with E-state index in [-0.39, 0.29) is 39.1 Å². The topological polar surface area (TPSA) is 201 Å². The number of hydrogen-bond donors (Lipinski definition) is 1. The molecule has 0 aliphatic rings. The standard InChI is InChI=1S/C23H14ClN5O9/c1-37-21-6-2-13(9-22(21)38-20-7-4-16(27(31)32)11-19(20)29(35)36)8-14(12-25)23(30)26-15-3-5-17(24)18(10-15)28(33)34/h2-11H,1H3,(H,26,30)/b14-8+. The molecule has 0 saturated heterocycles. The third-order valence-electron chi connectivity index (χ3n) is 4.83. The highest BCUT2D eigenvalue weighted by atomic mass is 35.5. The van der Waals surface area contributed by atoms with Gasteiger partial charge in [0.2, 0.25) is 5.75 Å². The SMILES string of the molecule is COc1ccc(/C=C(\C#N)C(=O)Nc2ccc(Cl)c([N+](=O)[O-])c2)cc1Oc1ccc([N+](=O)[O-])cc1[N+](=O)[O-]. The molecule has 38 heavy (non-hydrogen) atoms. The summed E-state index contributed by atoms with van der Waals surface area (Å²) in [5.74, 6) is -1.12. The van der Waals surface area contributed by atoms with Crippen molar-refractivity contribution in [2.45, 2.75) is 0 Å². The van der Waals surface area contributed by atoms with Gasteiger partial charge in [-0.15, -0.1) is 0 Å². The quantitative estimate of drug-likeness (QED) is 0.158. The smallest absolute Gasteiger partial charge is 0.318 e. The highest BCUT2D eigenvalue weighted by molar-refractivity contribution is 6.32. The number of nitro groups is 3. The van der Waals surface area contributed by atoms with E-state index in [4.69, 9.17) is 21.1 Å². The molecule has 0 atom stereocenters. The average molecular weight is 540 g/mol. The average Bonchev–Trinajstić information content (AvgIpc) is 2.88. The van der Waals surface area contributed by atoms with Gasteiger partial charge in [0.1, 0.15) is 16.7 Å². The molecule has 0 unspecified atom stereocenters. The Kier molecular flexibility index (Phi) is 8.15. The number of rotatable bonds is 9. The monoisotopic (exact) mass is 539 g/mol. The van der Waals surface area contributed by atoms with Crippen molar-refractivity contribution in [2.75, 3.05) is 12.4 Å². The largest absolute Gasteiger partial charge is 0.493 e. The van der Waals surface area contributed by atoms with E-state index in [0.717, 1.165) is 24.3 Å². The number of carbonyl (C=O) groups excluding carboxylic acids is 1. The Hall–Kier alpha value is -5.55. The summed E-state index contributed by atoms with van der Waals surface area (Å²) >= 11 is 5.76. The molecular formula is C23H14ClN5O9. The first-order valence-electron chi connectivity index (χ1n) is 10.2. The van der Waals surface area contributed by atoms with Gasteiger partial charge in [-0.2, -0.15) is 5.26 Å². The molecule has 0 heterocycles. The van der Waals surface area contributed by atoms with Crippen LogP contribution in [-0.2, 0) is 4.79 Å². The fraction of sp³-hybridized carbons (Fsp3) is 0.0435. The van der Waals surface area contributed by atoms with Crippen molar-refractivity contribution in [2.24, 2.45) is 0 Å². The number of nitrogens with one attached hydrogen (secondary N) is 1. The molecule has 0 bridgehead atoms. The van der Waals surface area contributed by atoms with Gasteiger partial charge < -0.3 is 14.8 Å². The predicted octanol–water partition coefficient (Wildman–Crippen LogP) is 5.41. The lowest BCUT2D eigenvalue weighted by molar-refractivity contribution is -0.394. The van der Waals surface area contributed by atoms with Crippen LogP contribution in [0.5, 0.6) is 17.2 Å². The fourth-order valence-corrected chi connectivity index (χ4v) is 3.26. The number of benzene rings is 3. The number of nitrogens with zero attached hydrogens (tertiary/aromatic N) is 4. The third-order valence-corrected chi connectivity index (χ3v) is 5.15. The molecule has 0 saturated carbocycles. The fourth-order valence-electron chi connectivity index (χ4n) is 3.07. The second-order valence-corrected chi connectivity index (χ2v) is 7.63. The van der Waals surface area contributed by atoms with Gasteiger partial charge in [-0.25, -0.2) is 0 Å². The third kappa shape index (κ3) is 6.17. The van der Waals surface area contributed by atoms with Crippen molar-refractivity contribution in [3.63, 3.8) is 0 Å². The molecule has 0 aliphatic carbocycles. The lowest BCUT2D eigenvalue weighted by Crippen LogP contribution is -2.13. The van der Waals surface area contributed by atoms with E-state index >= 15 is 0 Å². The van der Waals surface area contributed by atoms with Crippen LogP contribution in [0.25, 0.3) is 6.08 Å². The van der Waals surface area contributed by atoms with Crippen LogP contribution in [0, 0.1) is 41.7 Å². The van der Waals surface area contributed by atoms with Crippen LogP contribution in [0.4, 0.5) is 22.7 Å². The number of carbonyl (C=O) groups is 1. The Labute approximate surface area is 217 Å². The zero-order valence-corrected chi connectivity index (χ0v) is 19.9. The maximum Gasteiger partial charge on any atom is 0.318 e. The van der Waals surface area contributed by atoms with Gasteiger partial charge in [-0.05, 0) is 42.0 Å². The second kappa shape index (κ2) is 11.5. The molecule has 15 heteroatoms. The Balaban J connectivity index is 1.94. The molecule has 0 spiro atoms. The van der Waals surface area contributed by atoms with Gasteiger partial charge in [0, 0.05) is 17.8 Å². The van der Waals surface area contributed by atoms with Crippen molar-refractivity contribution in [1.82, 2.24) is 0 Å². The van der Waals surface area contributed by atoms with Gasteiger partial charge in [0.05, 0.1) is 27.9 Å². The summed E-state index contributed by atoms with van der Waals surface area (Å²) in [5.41, 5.74) is -1.74. The van der Waals surface area contributed by atoms with Crippen LogP contribution < -0.4 is 14.8 Å². The number of nitriles is 1. The van der Waals surface area contributed by atoms with Gasteiger partial charge in [0.15, 0.2) is 11.5 Å². The van der Waals surface area contributed by atoms with Crippen molar-refractivity contribution in [3.05, 3.63) is 101 Å². The lowest BCUT2D eigenvalue weighted by Gasteiger charge is -2.11. The molecule has 3 aromatic rings. The van der Waals surface area contributed by atoms with Gasteiger partial charge in [-0.3, -0.25) is 35.1 Å². The van der Waals surface area contributed by atoms with Crippen LogP contribution in [0.3, 0.4) is 0 Å². The summed E-state index contributed by atoms with van der Waals surface area (Å²) in [7, 11) is 1.31. The molecular weight excluding hydrogens is 526 g/mol. The molecule has 1 N–H and O–H groups in total. The Bertz CT molecular complexity index is 1550. The number of methoxy groups -OCH3 is 1. The highest BCUT2D eigenvalue weighted by Crippen LogP contribution is 2.38. The van der Waals surface area contributed by atoms with Gasteiger partial charge in [-0.1, -0.05) is 17.7 Å². The molecule has 0 aromatic heterocycles. The van der Waals surface area contributed by atoms with E-state index in [1.54, 1.807) is 6.07 Å². The molecule has 0 fully saturated rings. The maximum atomic E-state index is 12.6. The zero-order chi connectivity index (χ0) is 28.0. The van der Waals surface area contributed by atoms with E-state index in [1.165, 1.54) is 43.5 Å². The number of halogens is 1. The predicted molar refractivity (Wildman–Crippen MR) is 133 cm³/mol. The Morgan fingerprint density at radius 1 is 0.921 bits per heavy atom. The number of ether oxygens (including phenoxy) is 2. The van der Waals surface area contributed by atoms with Crippen LogP contribution in [0.15, 0.2) is 60.2 Å². The van der Waals surface area contributed by atoms with E-state index in [1.807, 2.05) is 0 Å². The molecule has 192 valence electrons. The summed E-state index contributed by atoms with van der Waals surface area (Å²) < 4.78 is 10.8. The van der Waals surface area contributed by atoms with E-state index in [0.29, 0.717) is 0 Å². The number of nitro benzene ring substituents is 3. The molecule has 0 aliphatic heterocycles. The second-order valence-electron chi connectivity index (χ2n) is 7.23. The lowest BCUT2D eigenvalue weighted by atomic mass is 10.1. The number of hydrogen-bond acceptors (Lipinski definition) is 10. The Morgan fingerprint density at radius 3 is 2.21 bits per heavy atom. The van der Waals surface area contributed by atoms with Crippen LogP contribution in [0.1, 0.15) is 5.56 Å². The molecule has 3 aromatic carbocycles. The number of non-ortho nitro benzene ring substituents is 1. The van der Waals surface area contributed by atoms with E-state index < -0.39 is 37.7 Å². The van der Waals surface area contributed by atoms with Crippen molar-refractivity contribution < 1.29 is 29.0 Å². The van der Waals surface area contributed by atoms with E-state index in [9.17, 15) is 40.4 Å². The minimum absolute atomic E-state index is 0.0245. The minimum atomic E-state index is -0.881.